The molecule has 7 heteroatoms. The lowest BCUT2D eigenvalue weighted by Crippen LogP contribution is -2.37. The van der Waals surface area contributed by atoms with Gasteiger partial charge >= 0.3 is 5.97 Å². The number of hydrogen-bond acceptors (Lipinski definition) is 5. The third kappa shape index (κ3) is 1.69. The average molecular weight is 236 g/mol. The quantitative estimate of drug-likeness (QED) is 0.525. The second-order valence-corrected chi connectivity index (χ2v) is 3.94. The molecule has 1 unspecified atom stereocenters. The van der Waals surface area contributed by atoms with Crippen molar-refractivity contribution in [1.82, 2.24) is 9.55 Å². The largest absolute Gasteiger partial charge is 0.477 e. The Balaban J connectivity index is 2.73. The van der Waals surface area contributed by atoms with E-state index in [0.717, 1.165) is 6.20 Å². The highest BCUT2D eigenvalue weighted by molar-refractivity contribution is 5.98. The van der Waals surface area contributed by atoms with Crippen molar-refractivity contribution in [3.05, 3.63) is 27.9 Å². The van der Waals surface area contributed by atoms with Crippen molar-refractivity contribution in [2.45, 2.75) is 25.8 Å². The van der Waals surface area contributed by atoms with E-state index in [2.05, 4.69) is 10.1 Å². The molecule has 1 atom stereocenters. The van der Waals surface area contributed by atoms with E-state index in [-0.39, 0.29) is 11.6 Å². The first-order chi connectivity index (χ1) is 8.06. The predicted molar refractivity (Wildman–Crippen MR) is 60.1 cm³/mol. The first kappa shape index (κ1) is 11.3. The Morgan fingerprint density at radius 3 is 3.00 bits per heavy atom. The SMILES string of the molecule is CC1CC/C(=N\N)c2ncc(C(=O)O)c(=O)n21. The predicted octanol–water partition coefficient (Wildman–Crippen LogP) is -0.0409. The molecule has 17 heavy (non-hydrogen) atoms. The van der Waals surface area contributed by atoms with Crippen LogP contribution in [0.1, 0.15) is 42.0 Å². The van der Waals surface area contributed by atoms with E-state index < -0.39 is 11.5 Å². The molecule has 1 aromatic rings. The molecule has 0 fully saturated rings. The maximum Gasteiger partial charge on any atom is 0.342 e. The van der Waals surface area contributed by atoms with Gasteiger partial charge in [-0.15, -0.1) is 0 Å². The Morgan fingerprint density at radius 1 is 1.71 bits per heavy atom. The van der Waals surface area contributed by atoms with Crippen LogP contribution in [0.5, 0.6) is 0 Å². The van der Waals surface area contributed by atoms with Gasteiger partial charge in [-0.05, 0) is 19.8 Å². The van der Waals surface area contributed by atoms with Crippen LogP contribution in [0.4, 0.5) is 0 Å². The van der Waals surface area contributed by atoms with Gasteiger partial charge in [0.2, 0.25) is 0 Å². The molecular formula is C10H12N4O3. The number of carbonyl (C=O) groups is 1. The summed E-state index contributed by atoms with van der Waals surface area (Å²) < 4.78 is 1.35. The van der Waals surface area contributed by atoms with E-state index in [4.69, 9.17) is 10.9 Å². The minimum atomic E-state index is -1.28. The van der Waals surface area contributed by atoms with Crippen LogP contribution < -0.4 is 11.4 Å². The lowest BCUT2D eigenvalue weighted by atomic mass is 10.0. The van der Waals surface area contributed by atoms with Gasteiger partial charge in [0.05, 0.1) is 0 Å². The molecule has 1 aliphatic rings. The van der Waals surface area contributed by atoms with Crippen molar-refractivity contribution in [3.8, 4) is 0 Å². The number of hydrazone groups is 1. The summed E-state index contributed by atoms with van der Waals surface area (Å²) in [5, 5.41) is 12.5. The van der Waals surface area contributed by atoms with E-state index >= 15 is 0 Å². The molecule has 3 N–H and O–H groups in total. The van der Waals surface area contributed by atoms with E-state index in [9.17, 15) is 9.59 Å². The standard InChI is InChI=1S/C10H12N4O3/c1-5-2-3-7(13-11)8-12-4-6(10(16)17)9(15)14(5)8/h4-5H,2-3,11H2,1H3,(H,16,17)/b13-7+. The maximum absolute atomic E-state index is 12.0. The summed E-state index contributed by atoms with van der Waals surface area (Å²) in [6.07, 6.45) is 2.38. The fourth-order valence-corrected chi connectivity index (χ4v) is 1.95. The summed E-state index contributed by atoms with van der Waals surface area (Å²) in [5.74, 6) is 4.31. The molecule has 0 bridgehead atoms. The first-order valence-corrected chi connectivity index (χ1v) is 5.18. The molecule has 2 heterocycles. The van der Waals surface area contributed by atoms with Crippen molar-refractivity contribution in [1.29, 1.82) is 0 Å². The molecule has 1 aliphatic heterocycles. The van der Waals surface area contributed by atoms with E-state index in [1.165, 1.54) is 4.57 Å². The number of rotatable bonds is 1. The van der Waals surface area contributed by atoms with Gasteiger partial charge in [0, 0.05) is 12.2 Å². The highest BCUT2D eigenvalue weighted by atomic mass is 16.4. The van der Waals surface area contributed by atoms with Gasteiger partial charge in [0.1, 0.15) is 11.3 Å². The first-order valence-electron chi connectivity index (χ1n) is 5.18. The normalized spacial score (nSPS) is 21.2. The number of nitrogens with two attached hydrogens (primary N) is 1. The van der Waals surface area contributed by atoms with Crippen LogP contribution >= 0.6 is 0 Å². The third-order valence-electron chi connectivity index (χ3n) is 2.88. The molecule has 0 aliphatic carbocycles. The van der Waals surface area contributed by atoms with Crippen LogP contribution in [0.3, 0.4) is 0 Å². The van der Waals surface area contributed by atoms with Crippen LogP contribution in [0, 0.1) is 0 Å². The number of aromatic nitrogens is 2. The van der Waals surface area contributed by atoms with Crippen LogP contribution in [-0.2, 0) is 0 Å². The van der Waals surface area contributed by atoms with Crippen LogP contribution in [0.15, 0.2) is 16.1 Å². The number of carboxylic acids is 1. The summed E-state index contributed by atoms with van der Waals surface area (Å²) >= 11 is 0. The van der Waals surface area contributed by atoms with E-state index in [0.29, 0.717) is 24.4 Å². The summed E-state index contributed by atoms with van der Waals surface area (Å²) in [6, 6.07) is -0.102. The van der Waals surface area contributed by atoms with E-state index in [1.54, 1.807) is 0 Å². The van der Waals surface area contributed by atoms with Gasteiger partial charge in [-0.3, -0.25) is 9.36 Å². The molecule has 2 rings (SSSR count). The molecule has 0 amide bonds. The zero-order valence-corrected chi connectivity index (χ0v) is 9.25. The Morgan fingerprint density at radius 2 is 2.41 bits per heavy atom. The fourth-order valence-electron chi connectivity index (χ4n) is 1.95. The lowest BCUT2D eigenvalue weighted by Gasteiger charge is -2.24. The van der Waals surface area contributed by atoms with Crippen molar-refractivity contribution in [3.63, 3.8) is 0 Å². The number of nitrogens with zero attached hydrogens (tertiary/aromatic N) is 3. The molecule has 90 valence electrons. The molecule has 0 radical (unpaired) electrons. The number of aromatic carboxylic acids is 1. The van der Waals surface area contributed by atoms with Crippen molar-refractivity contribution in [2.75, 3.05) is 0 Å². The minimum Gasteiger partial charge on any atom is -0.477 e. The average Bonchev–Trinajstić information content (AvgIpc) is 2.29. The Labute approximate surface area is 96.6 Å². The van der Waals surface area contributed by atoms with Gasteiger partial charge in [-0.2, -0.15) is 5.10 Å². The number of carboxylic acid groups (broad SMARTS) is 1. The summed E-state index contributed by atoms with van der Waals surface area (Å²) in [6.45, 7) is 1.84. The van der Waals surface area contributed by atoms with Crippen LogP contribution in [0.25, 0.3) is 0 Å². The Bertz CT molecular complexity index is 561. The smallest absolute Gasteiger partial charge is 0.342 e. The van der Waals surface area contributed by atoms with Gasteiger partial charge in [-0.25, -0.2) is 9.78 Å². The second-order valence-electron chi connectivity index (χ2n) is 3.94. The van der Waals surface area contributed by atoms with E-state index in [1.807, 2.05) is 6.92 Å². The molecular weight excluding hydrogens is 224 g/mol. The zero-order chi connectivity index (χ0) is 12.6. The number of fused-ring (bicyclic) bond motifs is 1. The monoisotopic (exact) mass is 236 g/mol. The van der Waals surface area contributed by atoms with Crippen molar-refractivity contribution >= 4 is 11.7 Å². The lowest BCUT2D eigenvalue weighted by molar-refractivity contribution is 0.0693. The second kappa shape index (κ2) is 4.00. The van der Waals surface area contributed by atoms with Gasteiger partial charge < -0.3 is 10.9 Å². The number of hydrogen-bond donors (Lipinski definition) is 2. The van der Waals surface area contributed by atoms with Gasteiger partial charge in [0.15, 0.2) is 5.82 Å². The summed E-state index contributed by atoms with van der Waals surface area (Å²) in [5.41, 5.74) is -0.369. The van der Waals surface area contributed by atoms with Crippen molar-refractivity contribution in [2.24, 2.45) is 10.9 Å². The Kier molecular flexibility index (Phi) is 2.66. The summed E-state index contributed by atoms with van der Waals surface area (Å²) in [7, 11) is 0. The minimum absolute atomic E-state index is 0.102. The summed E-state index contributed by atoms with van der Waals surface area (Å²) in [4.78, 5) is 26.8. The van der Waals surface area contributed by atoms with Gasteiger partial charge in [0.25, 0.3) is 5.56 Å². The Hall–Kier alpha value is -2.18. The topological polar surface area (TPSA) is 111 Å². The molecule has 1 aromatic heterocycles. The van der Waals surface area contributed by atoms with Crippen LogP contribution in [-0.4, -0.2) is 26.3 Å². The fraction of sp³-hybridized carbons (Fsp3) is 0.400. The zero-order valence-electron chi connectivity index (χ0n) is 9.25. The third-order valence-corrected chi connectivity index (χ3v) is 2.88. The van der Waals surface area contributed by atoms with Gasteiger partial charge in [-0.1, -0.05) is 0 Å². The highest BCUT2D eigenvalue weighted by Gasteiger charge is 2.26. The molecule has 0 aromatic carbocycles. The highest BCUT2D eigenvalue weighted by Crippen LogP contribution is 2.21. The van der Waals surface area contributed by atoms with Crippen LogP contribution in [0.2, 0.25) is 0 Å². The molecule has 0 saturated carbocycles. The van der Waals surface area contributed by atoms with Crippen molar-refractivity contribution < 1.29 is 9.90 Å². The molecule has 7 nitrogen and oxygen atoms in total. The molecule has 0 saturated heterocycles. The molecule has 0 spiro atoms. The maximum atomic E-state index is 12.0.